The molecule has 1 aliphatic rings. The number of carbonyl (C=O) groups excluding carboxylic acids is 1. The Kier molecular flexibility index (Phi) is 4.99. The number of nitrogens with zero attached hydrogens (tertiary/aromatic N) is 2. The Hall–Kier alpha value is -2.60. The minimum absolute atomic E-state index is 0.0246. The van der Waals surface area contributed by atoms with E-state index in [9.17, 15) is 4.79 Å². The van der Waals surface area contributed by atoms with Crippen molar-refractivity contribution < 1.29 is 9.21 Å². The van der Waals surface area contributed by atoms with Gasteiger partial charge in [-0.15, -0.1) is 11.3 Å². The summed E-state index contributed by atoms with van der Waals surface area (Å²) in [5.41, 5.74) is 3.37. The monoisotopic (exact) mass is 381 g/mol. The first-order valence-electron chi connectivity index (χ1n) is 9.23. The van der Waals surface area contributed by atoms with E-state index in [1.807, 2.05) is 24.4 Å². The molecule has 3 aromatic rings. The van der Waals surface area contributed by atoms with E-state index in [-0.39, 0.29) is 18.4 Å². The van der Waals surface area contributed by atoms with Gasteiger partial charge in [0.15, 0.2) is 0 Å². The molecule has 1 N–H and O–H groups in total. The number of amides is 1. The fourth-order valence-corrected chi connectivity index (χ4v) is 4.15. The van der Waals surface area contributed by atoms with E-state index in [4.69, 9.17) is 4.42 Å². The Morgan fingerprint density at radius 1 is 1.33 bits per heavy atom. The molecule has 0 radical (unpaired) electrons. The maximum absolute atomic E-state index is 12.4. The summed E-state index contributed by atoms with van der Waals surface area (Å²) in [4.78, 5) is 20.3. The van der Waals surface area contributed by atoms with Gasteiger partial charge in [0.25, 0.3) is 0 Å². The van der Waals surface area contributed by atoms with Crippen molar-refractivity contribution in [3.05, 3.63) is 58.8 Å². The molecule has 0 aliphatic carbocycles. The van der Waals surface area contributed by atoms with Gasteiger partial charge < -0.3 is 14.6 Å². The third-order valence-electron chi connectivity index (χ3n) is 5.00. The molecule has 0 spiro atoms. The lowest BCUT2D eigenvalue weighted by Crippen LogP contribution is -2.42. The number of aryl methyl sites for hydroxylation is 1. The maximum atomic E-state index is 12.4. The molecule has 0 saturated carbocycles. The molecule has 2 aromatic heterocycles. The van der Waals surface area contributed by atoms with Crippen molar-refractivity contribution in [2.24, 2.45) is 0 Å². The van der Waals surface area contributed by atoms with E-state index in [1.54, 1.807) is 11.3 Å². The molecule has 4 rings (SSSR count). The number of para-hydroxylation sites is 1. The molecule has 0 bridgehead atoms. The van der Waals surface area contributed by atoms with Gasteiger partial charge in [0.1, 0.15) is 5.76 Å². The molecule has 1 atom stereocenters. The van der Waals surface area contributed by atoms with Gasteiger partial charge in [-0.3, -0.25) is 4.79 Å². The first-order valence-corrected chi connectivity index (χ1v) is 10.1. The Balaban J connectivity index is 1.34. The van der Waals surface area contributed by atoms with Gasteiger partial charge in [-0.1, -0.05) is 24.3 Å². The lowest BCUT2D eigenvalue weighted by molar-refractivity contribution is -0.120. The van der Waals surface area contributed by atoms with Crippen LogP contribution in [0.25, 0.3) is 10.8 Å². The highest BCUT2D eigenvalue weighted by Crippen LogP contribution is 2.29. The topological polar surface area (TPSA) is 58.4 Å². The van der Waals surface area contributed by atoms with Crippen LogP contribution in [0, 0.1) is 6.92 Å². The van der Waals surface area contributed by atoms with Gasteiger partial charge in [-0.2, -0.15) is 0 Å². The predicted octanol–water partition coefficient (Wildman–Crippen LogP) is 3.82. The zero-order chi connectivity index (χ0) is 18.8. The number of benzene rings is 1. The van der Waals surface area contributed by atoms with Crippen molar-refractivity contribution >= 4 is 22.9 Å². The average molecular weight is 382 g/mol. The average Bonchev–Trinajstić information content (AvgIpc) is 3.40. The number of hydrogen-bond acceptors (Lipinski definition) is 5. The van der Waals surface area contributed by atoms with Crippen molar-refractivity contribution in [2.45, 2.75) is 32.7 Å². The minimum Gasteiger partial charge on any atom is -0.440 e. The zero-order valence-electron chi connectivity index (χ0n) is 15.6. The van der Waals surface area contributed by atoms with Crippen LogP contribution >= 0.6 is 11.3 Å². The van der Waals surface area contributed by atoms with Crippen LogP contribution in [0.15, 0.2) is 46.2 Å². The molecule has 140 valence electrons. The van der Waals surface area contributed by atoms with E-state index in [2.05, 4.69) is 46.4 Å². The molecule has 0 fully saturated rings. The van der Waals surface area contributed by atoms with Crippen LogP contribution in [0.5, 0.6) is 0 Å². The second kappa shape index (κ2) is 7.56. The van der Waals surface area contributed by atoms with Gasteiger partial charge in [-0.05, 0) is 43.3 Å². The number of nitrogens with one attached hydrogen (secondary N) is 1. The summed E-state index contributed by atoms with van der Waals surface area (Å²) in [5, 5.41) is 5.04. The molecule has 3 heterocycles. The fraction of sp³-hybridized carbons (Fsp3) is 0.333. The first kappa shape index (κ1) is 17.8. The predicted molar refractivity (Wildman–Crippen MR) is 108 cm³/mol. The molecule has 0 saturated heterocycles. The number of oxazole rings is 1. The molecule has 1 aliphatic heterocycles. The van der Waals surface area contributed by atoms with E-state index in [1.165, 1.54) is 11.3 Å². The van der Waals surface area contributed by atoms with Crippen LogP contribution in [-0.2, 0) is 17.6 Å². The number of hydrogen-bond donors (Lipinski definition) is 1. The maximum Gasteiger partial charge on any atom is 0.236 e. The normalized spacial score (nSPS) is 14.2. The van der Waals surface area contributed by atoms with Crippen LogP contribution in [0.2, 0.25) is 0 Å². The highest BCUT2D eigenvalue weighted by atomic mass is 32.1. The molecule has 1 amide bonds. The fourth-order valence-electron chi connectivity index (χ4n) is 3.51. The van der Waals surface area contributed by atoms with Gasteiger partial charge in [0.05, 0.1) is 17.0 Å². The minimum atomic E-state index is -0.0246. The SMILES string of the molecule is Cc1oc(-c2cccs2)nc1CC(=O)NCC(C)N1CCc2ccccc21. The summed E-state index contributed by atoms with van der Waals surface area (Å²) in [6, 6.07) is 12.7. The van der Waals surface area contributed by atoms with Crippen molar-refractivity contribution in [3.8, 4) is 10.8 Å². The second-order valence-corrected chi connectivity index (χ2v) is 7.85. The summed E-state index contributed by atoms with van der Waals surface area (Å²) in [6.45, 7) is 5.62. The number of aromatic nitrogens is 1. The summed E-state index contributed by atoms with van der Waals surface area (Å²) in [7, 11) is 0. The highest BCUT2D eigenvalue weighted by Gasteiger charge is 2.23. The summed E-state index contributed by atoms with van der Waals surface area (Å²) in [5.74, 6) is 1.27. The van der Waals surface area contributed by atoms with Gasteiger partial charge in [-0.25, -0.2) is 4.98 Å². The molecule has 6 heteroatoms. The Labute approximate surface area is 163 Å². The molecule has 5 nitrogen and oxygen atoms in total. The number of fused-ring (bicyclic) bond motifs is 1. The highest BCUT2D eigenvalue weighted by molar-refractivity contribution is 7.13. The molecule has 27 heavy (non-hydrogen) atoms. The lowest BCUT2D eigenvalue weighted by atomic mass is 10.2. The van der Waals surface area contributed by atoms with Crippen LogP contribution in [-0.4, -0.2) is 30.0 Å². The largest absolute Gasteiger partial charge is 0.440 e. The van der Waals surface area contributed by atoms with Gasteiger partial charge in [0, 0.05) is 24.8 Å². The van der Waals surface area contributed by atoms with Crippen molar-refractivity contribution in [2.75, 3.05) is 18.0 Å². The molecule has 1 aromatic carbocycles. The summed E-state index contributed by atoms with van der Waals surface area (Å²) >= 11 is 1.58. The second-order valence-electron chi connectivity index (χ2n) is 6.90. The number of anilines is 1. The van der Waals surface area contributed by atoms with Gasteiger partial charge in [0.2, 0.25) is 11.8 Å². The molecule has 1 unspecified atom stereocenters. The zero-order valence-corrected chi connectivity index (χ0v) is 16.4. The van der Waals surface area contributed by atoms with E-state index < -0.39 is 0 Å². The van der Waals surface area contributed by atoms with E-state index >= 15 is 0 Å². The third-order valence-corrected chi connectivity index (χ3v) is 5.86. The van der Waals surface area contributed by atoms with Crippen molar-refractivity contribution in [1.82, 2.24) is 10.3 Å². The van der Waals surface area contributed by atoms with E-state index in [0.29, 0.717) is 23.9 Å². The van der Waals surface area contributed by atoms with Crippen molar-refractivity contribution in [3.63, 3.8) is 0 Å². The standard InChI is InChI=1S/C21H23N3O2S/c1-14(24-10-9-16-6-3-4-7-18(16)24)13-22-20(25)12-17-15(2)26-21(23-17)19-8-5-11-27-19/h3-8,11,14H,9-10,12-13H2,1-2H3,(H,22,25). The third kappa shape index (κ3) is 3.76. The number of carbonyl (C=O) groups is 1. The summed E-state index contributed by atoms with van der Waals surface area (Å²) in [6.07, 6.45) is 1.31. The summed E-state index contributed by atoms with van der Waals surface area (Å²) < 4.78 is 5.72. The Morgan fingerprint density at radius 3 is 3.00 bits per heavy atom. The number of thiophene rings is 1. The Morgan fingerprint density at radius 2 is 2.19 bits per heavy atom. The van der Waals surface area contributed by atoms with Gasteiger partial charge >= 0.3 is 0 Å². The van der Waals surface area contributed by atoms with Crippen molar-refractivity contribution in [1.29, 1.82) is 0 Å². The molecular weight excluding hydrogens is 358 g/mol. The van der Waals surface area contributed by atoms with Crippen LogP contribution in [0.4, 0.5) is 5.69 Å². The molecular formula is C21H23N3O2S. The quantitative estimate of drug-likeness (QED) is 0.705. The smallest absolute Gasteiger partial charge is 0.236 e. The number of rotatable bonds is 6. The lowest BCUT2D eigenvalue weighted by Gasteiger charge is -2.27. The van der Waals surface area contributed by atoms with Crippen LogP contribution < -0.4 is 10.2 Å². The van der Waals surface area contributed by atoms with Crippen LogP contribution in [0.3, 0.4) is 0 Å². The van der Waals surface area contributed by atoms with E-state index in [0.717, 1.165) is 17.8 Å². The van der Waals surface area contributed by atoms with Crippen LogP contribution in [0.1, 0.15) is 23.9 Å². The Bertz CT molecular complexity index is 933. The first-order chi connectivity index (χ1) is 13.1.